The normalized spacial score (nSPS) is 14.7. The molecular formula is C28H26F4N6O3. The lowest BCUT2D eigenvalue weighted by Gasteiger charge is -2.25. The molecular weight excluding hydrogens is 544 g/mol. The lowest BCUT2D eigenvalue weighted by molar-refractivity contribution is -0.197. The molecule has 0 aliphatic carbocycles. The fourth-order valence-electron chi connectivity index (χ4n) is 4.51. The highest BCUT2D eigenvalue weighted by molar-refractivity contribution is 5.94. The number of carbonyl (C=O) groups is 1. The number of rotatable bonds is 3. The van der Waals surface area contributed by atoms with Gasteiger partial charge in [-0.05, 0) is 52.0 Å². The smallest absolute Gasteiger partial charge is 0.425 e. The summed E-state index contributed by atoms with van der Waals surface area (Å²) in [5.41, 5.74) is 1.29. The van der Waals surface area contributed by atoms with Crippen LogP contribution in [0.2, 0.25) is 0 Å². The summed E-state index contributed by atoms with van der Waals surface area (Å²) in [7, 11) is 0. The Balaban J connectivity index is 1.53. The molecule has 1 aliphatic rings. The van der Waals surface area contributed by atoms with Gasteiger partial charge in [-0.2, -0.15) is 18.2 Å². The number of anilines is 2. The van der Waals surface area contributed by atoms with E-state index in [1.54, 1.807) is 49.4 Å². The van der Waals surface area contributed by atoms with Crippen LogP contribution in [0.5, 0.6) is 0 Å². The van der Waals surface area contributed by atoms with Crippen molar-refractivity contribution in [2.24, 2.45) is 0 Å². The third-order valence-corrected chi connectivity index (χ3v) is 6.54. The Kier molecular flexibility index (Phi) is 7.21. The molecule has 1 N–H and O–H groups in total. The Morgan fingerprint density at radius 3 is 2.68 bits per heavy atom. The maximum Gasteiger partial charge on any atom is 0.425 e. The minimum atomic E-state index is -4.68. The molecule has 1 unspecified atom stereocenters. The molecule has 2 aromatic heterocycles. The molecule has 0 saturated heterocycles. The van der Waals surface area contributed by atoms with Crippen LogP contribution >= 0.6 is 0 Å². The summed E-state index contributed by atoms with van der Waals surface area (Å²) in [5, 5.41) is 10.9. The second kappa shape index (κ2) is 10.5. The van der Waals surface area contributed by atoms with E-state index in [1.807, 2.05) is 11.0 Å². The first kappa shape index (κ1) is 28.1. The van der Waals surface area contributed by atoms with Crippen LogP contribution in [0.15, 0.2) is 36.4 Å². The quantitative estimate of drug-likeness (QED) is 0.267. The van der Waals surface area contributed by atoms with E-state index in [0.717, 1.165) is 6.92 Å². The van der Waals surface area contributed by atoms with E-state index in [1.165, 1.54) is 6.07 Å². The Morgan fingerprint density at radius 1 is 1.17 bits per heavy atom. The van der Waals surface area contributed by atoms with Gasteiger partial charge in [0.2, 0.25) is 0 Å². The number of nitrogens with one attached hydrogen (secondary N) is 1. The van der Waals surface area contributed by atoms with Gasteiger partial charge in [0.25, 0.3) is 5.78 Å². The number of amides is 1. The van der Waals surface area contributed by atoms with Crippen LogP contribution in [-0.4, -0.2) is 56.6 Å². The van der Waals surface area contributed by atoms with Crippen molar-refractivity contribution in [3.05, 3.63) is 59.2 Å². The van der Waals surface area contributed by atoms with Crippen LogP contribution in [0.25, 0.3) is 16.7 Å². The Labute approximate surface area is 232 Å². The number of alkyl carbamates (subject to hydrolysis) is 1. The molecule has 214 valence electrons. The van der Waals surface area contributed by atoms with Gasteiger partial charge >= 0.3 is 12.3 Å². The lowest BCUT2D eigenvalue weighted by Crippen LogP contribution is -2.45. The number of aryl methyl sites for hydroxylation is 1. The van der Waals surface area contributed by atoms with Gasteiger partial charge < -0.3 is 19.7 Å². The van der Waals surface area contributed by atoms with Crippen LogP contribution in [-0.2, 0) is 16.1 Å². The van der Waals surface area contributed by atoms with Crippen LogP contribution in [0, 0.1) is 24.6 Å². The standard InChI is InChI=1S/C28H26F4N6O3/c1-16(28(30,31)32)41-26(39)34-27(3,4)12-11-18-7-5-9-21-19(18)15-40-14-13-37(21)24-23-20(29)8-6-10-22(23)38-17(2)35-36-25(38)33-24/h5-10,16H,13-15H2,1-4H3,(H,34,39). The van der Waals surface area contributed by atoms with Crippen LogP contribution in [0.4, 0.5) is 33.9 Å². The summed E-state index contributed by atoms with van der Waals surface area (Å²) < 4.78 is 65.6. The first-order valence-electron chi connectivity index (χ1n) is 12.7. The summed E-state index contributed by atoms with van der Waals surface area (Å²) in [4.78, 5) is 18.6. The molecule has 0 bridgehead atoms. The lowest BCUT2D eigenvalue weighted by atomic mass is 10.0. The van der Waals surface area contributed by atoms with Gasteiger partial charge in [0.1, 0.15) is 17.5 Å². The third-order valence-electron chi connectivity index (χ3n) is 6.54. The highest BCUT2D eigenvalue weighted by Gasteiger charge is 2.39. The molecule has 0 fully saturated rings. The number of fused-ring (bicyclic) bond motifs is 4. The van der Waals surface area contributed by atoms with Crippen molar-refractivity contribution < 1.29 is 31.8 Å². The van der Waals surface area contributed by atoms with Crippen molar-refractivity contribution in [2.45, 2.75) is 52.1 Å². The van der Waals surface area contributed by atoms with E-state index in [9.17, 15) is 18.0 Å². The second-order valence-electron chi connectivity index (χ2n) is 10.0. The molecule has 4 aromatic rings. The molecule has 2 aromatic carbocycles. The molecule has 3 heterocycles. The third kappa shape index (κ3) is 5.60. The SMILES string of the molecule is Cc1nnc2nc(N3CCOCc4c(C#CC(C)(C)NC(=O)OC(C)C(F)(F)F)cccc43)c3c(F)cccc3n12. The van der Waals surface area contributed by atoms with Crippen molar-refractivity contribution in [1.29, 1.82) is 0 Å². The van der Waals surface area contributed by atoms with E-state index in [-0.39, 0.29) is 6.61 Å². The number of nitrogens with zero attached hydrogens (tertiary/aromatic N) is 5. The van der Waals surface area contributed by atoms with Crippen molar-refractivity contribution in [3.8, 4) is 11.8 Å². The topological polar surface area (TPSA) is 93.9 Å². The second-order valence-corrected chi connectivity index (χ2v) is 10.0. The molecule has 1 atom stereocenters. The number of ether oxygens (including phenoxy) is 2. The maximum atomic E-state index is 15.3. The number of carbonyl (C=O) groups excluding carboxylic acids is 1. The van der Waals surface area contributed by atoms with Gasteiger partial charge in [-0.3, -0.25) is 4.40 Å². The summed E-state index contributed by atoms with van der Waals surface area (Å²) in [6.45, 7) is 6.46. The van der Waals surface area contributed by atoms with Crippen molar-refractivity contribution >= 4 is 34.3 Å². The molecule has 0 spiro atoms. The van der Waals surface area contributed by atoms with Gasteiger partial charge in [0, 0.05) is 23.4 Å². The number of alkyl halides is 3. The van der Waals surface area contributed by atoms with Gasteiger partial charge in [0.05, 0.1) is 29.7 Å². The fraction of sp³-hybridized carbons (Fsp3) is 0.357. The fourth-order valence-corrected chi connectivity index (χ4v) is 4.51. The molecule has 1 aliphatic heterocycles. The average Bonchev–Trinajstić information content (AvgIpc) is 3.13. The molecule has 13 heteroatoms. The highest BCUT2D eigenvalue weighted by Crippen LogP contribution is 2.37. The van der Waals surface area contributed by atoms with Crippen LogP contribution in [0.3, 0.4) is 0 Å². The van der Waals surface area contributed by atoms with Gasteiger partial charge in [-0.15, -0.1) is 10.2 Å². The molecule has 0 saturated carbocycles. The summed E-state index contributed by atoms with van der Waals surface area (Å²) in [6.07, 6.45) is -8.19. The molecule has 41 heavy (non-hydrogen) atoms. The maximum absolute atomic E-state index is 15.3. The number of hydrogen-bond acceptors (Lipinski definition) is 7. The van der Waals surface area contributed by atoms with E-state index < -0.39 is 29.7 Å². The number of halogens is 4. The summed E-state index contributed by atoms with van der Waals surface area (Å²) >= 11 is 0. The Bertz CT molecular complexity index is 1710. The van der Waals surface area contributed by atoms with E-state index in [0.29, 0.717) is 58.3 Å². The van der Waals surface area contributed by atoms with E-state index in [2.05, 4.69) is 37.1 Å². The zero-order valence-corrected chi connectivity index (χ0v) is 22.6. The molecule has 5 rings (SSSR count). The number of aromatic nitrogens is 4. The predicted molar refractivity (Wildman–Crippen MR) is 142 cm³/mol. The van der Waals surface area contributed by atoms with Gasteiger partial charge in [0.15, 0.2) is 6.10 Å². The summed E-state index contributed by atoms with van der Waals surface area (Å²) in [5.74, 6) is 6.68. The minimum Gasteiger partial charge on any atom is -0.437 e. The van der Waals surface area contributed by atoms with Crippen LogP contribution < -0.4 is 10.2 Å². The van der Waals surface area contributed by atoms with Gasteiger partial charge in [-0.25, -0.2) is 9.18 Å². The monoisotopic (exact) mass is 570 g/mol. The zero-order valence-electron chi connectivity index (χ0n) is 22.6. The molecule has 9 nitrogen and oxygen atoms in total. The Hall–Kier alpha value is -4.44. The zero-order chi connectivity index (χ0) is 29.5. The van der Waals surface area contributed by atoms with Crippen molar-refractivity contribution in [2.75, 3.05) is 18.1 Å². The van der Waals surface area contributed by atoms with Gasteiger partial charge in [-0.1, -0.05) is 24.0 Å². The first-order valence-corrected chi connectivity index (χ1v) is 12.7. The largest absolute Gasteiger partial charge is 0.437 e. The number of hydrogen-bond donors (Lipinski definition) is 1. The number of benzene rings is 2. The average molecular weight is 571 g/mol. The van der Waals surface area contributed by atoms with Crippen molar-refractivity contribution in [1.82, 2.24) is 24.9 Å². The van der Waals surface area contributed by atoms with Crippen LogP contribution in [0.1, 0.15) is 37.7 Å². The molecule has 0 radical (unpaired) electrons. The summed E-state index contributed by atoms with van der Waals surface area (Å²) in [6, 6.07) is 10.1. The predicted octanol–water partition coefficient (Wildman–Crippen LogP) is 5.20. The van der Waals surface area contributed by atoms with E-state index >= 15 is 4.39 Å². The molecule has 1 amide bonds. The Morgan fingerprint density at radius 2 is 1.93 bits per heavy atom. The minimum absolute atomic E-state index is 0.197. The first-order chi connectivity index (χ1) is 19.4. The highest BCUT2D eigenvalue weighted by atomic mass is 19.4. The van der Waals surface area contributed by atoms with Crippen molar-refractivity contribution in [3.63, 3.8) is 0 Å². The van der Waals surface area contributed by atoms with E-state index in [4.69, 9.17) is 4.74 Å².